The van der Waals surface area contributed by atoms with Gasteiger partial charge in [-0.3, -0.25) is 0 Å². The second-order valence-corrected chi connectivity index (χ2v) is 2.66. The van der Waals surface area contributed by atoms with E-state index >= 15 is 0 Å². The first-order chi connectivity index (χ1) is 4.33. The Hall–Kier alpha value is -0.620. The maximum Gasteiger partial charge on any atom is 0.0754 e. The highest BCUT2D eigenvalue weighted by molar-refractivity contribution is 7.80. The van der Waals surface area contributed by atoms with Gasteiger partial charge in [0.25, 0.3) is 0 Å². The van der Waals surface area contributed by atoms with Gasteiger partial charge in [0.2, 0.25) is 0 Å². The molecule has 1 aliphatic heterocycles. The van der Waals surface area contributed by atoms with Crippen LogP contribution < -0.4 is 5.32 Å². The Bertz CT molecular complexity index is 149. The summed E-state index contributed by atoms with van der Waals surface area (Å²) in [5, 5.41) is 11.4. The summed E-state index contributed by atoms with van der Waals surface area (Å²) in [4.78, 5) is 0.904. The van der Waals surface area contributed by atoms with Crippen LogP contribution in [0.4, 0.5) is 0 Å². The van der Waals surface area contributed by atoms with E-state index in [1.807, 2.05) is 0 Å². The zero-order valence-corrected chi connectivity index (χ0v) is 5.87. The van der Waals surface area contributed by atoms with Gasteiger partial charge in [-0.1, -0.05) is 12.2 Å². The quantitative estimate of drug-likeness (QED) is 0.506. The number of nitrogens with zero attached hydrogens (tertiary/aromatic N) is 1. The summed E-state index contributed by atoms with van der Waals surface area (Å²) in [7, 11) is 0. The standard InChI is InChI=1S/C6H8N2S/c7-3-5-1-2-6(9)8-4-5/h5H,1-2,4H2,(H,8,9). The van der Waals surface area contributed by atoms with Gasteiger partial charge in [-0.2, -0.15) is 5.26 Å². The predicted octanol–water partition coefficient (Wildman–Crippen LogP) is 0.837. The third kappa shape index (κ3) is 1.65. The highest BCUT2D eigenvalue weighted by Gasteiger charge is 2.13. The molecule has 0 bridgehead atoms. The van der Waals surface area contributed by atoms with E-state index in [4.69, 9.17) is 17.5 Å². The van der Waals surface area contributed by atoms with Gasteiger partial charge in [0.05, 0.1) is 17.0 Å². The van der Waals surface area contributed by atoms with Crippen molar-refractivity contribution in [3.8, 4) is 6.07 Å². The molecule has 2 nitrogen and oxygen atoms in total. The second-order valence-electron chi connectivity index (χ2n) is 2.17. The molecule has 1 aliphatic rings. The number of nitrogens with one attached hydrogen (secondary N) is 1. The van der Waals surface area contributed by atoms with Crippen molar-refractivity contribution < 1.29 is 0 Å². The van der Waals surface area contributed by atoms with Crippen LogP contribution in [-0.4, -0.2) is 11.5 Å². The summed E-state index contributed by atoms with van der Waals surface area (Å²) < 4.78 is 0. The number of hydrogen-bond acceptors (Lipinski definition) is 2. The normalized spacial score (nSPS) is 26.6. The van der Waals surface area contributed by atoms with Crippen molar-refractivity contribution in [3.05, 3.63) is 0 Å². The van der Waals surface area contributed by atoms with Crippen LogP contribution in [0.3, 0.4) is 0 Å². The molecule has 0 aromatic heterocycles. The van der Waals surface area contributed by atoms with E-state index in [0.29, 0.717) is 0 Å². The fourth-order valence-corrected chi connectivity index (χ4v) is 1.04. The summed E-state index contributed by atoms with van der Waals surface area (Å²) in [5.41, 5.74) is 0. The van der Waals surface area contributed by atoms with Crippen LogP contribution in [0.5, 0.6) is 0 Å². The van der Waals surface area contributed by atoms with Crippen molar-refractivity contribution in [2.75, 3.05) is 6.54 Å². The SMILES string of the molecule is N#CC1CCC(=S)NC1. The third-order valence-corrected chi connectivity index (χ3v) is 1.80. The Morgan fingerprint density at radius 1 is 1.78 bits per heavy atom. The summed E-state index contributed by atoms with van der Waals surface area (Å²) >= 11 is 4.89. The van der Waals surface area contributed by atoms with Crippen molar-refractivity contribution in [2.24, 2.45) is 5.92 Å². The van der Waals surface area contributed by atoms with E-state index in [9.17, 15) is 0 Å². The van der Waals surface area contributed by atoms with Gasteiger partial charge in [0, 0.05) is 6.54 Å². The molecule has 1 N–H and O–H groups in total. The number of nitriles is 1. The minimum absolute atomic E-state index is 0.177. The molecule has 0 aromatic carbocycles. The maximum atomic E-state index is 8.44. The van der Waals surface area contributed by atoms with E-state index in [0.717, 1.165) is 24.4 Å². The summed E-state index contributed by atoms with van der Waals surface area (Å²) in [6.07, 6.45) is 1.82. The van der Waals surface area contributed by atoms with E-state index in [2.05, 4.69) is 11.4 Å². The highest BCUT2D eigenvalue weighted by Crippen LogP contribution is 2.09. The molecular weight excluding hydrogens is 132 g/mol. The van der Waals surface area contributed by atoms with Crippen LogP contribution in [0.25, 0.3) is 0 Å². The van der Waals surface area contributed by atoms with Crippen LogP contribution in [0.1, 0.15) is 12.8 Å². The number of rotatable bonds is 0. The molecule has 1 heterocycles. The topological polar surface area (TPSA) is 35.8 Å². The molecule has 1 fully saturated rings. The molecule has 1 unspecified atom stereocenters. The maximum absolute atomic E-state index is 8.44. The fourth-order valence-electron chi connectivity index (χ4n) is 0.843. The summed E-state index contributed by atoms with van der Waals surface area (Å²) in [6, 6.07) is 2.20. The predicted molar refractivity (Wildman–Crippen MR) is 38.9 cm³/mol. The Labute approximate surface area is 59.9 Å². The van der Waals surface area contributed by atoms with Gasteiger partial charge < -0.3 is 5.32 Å². The average molecular weight is 140 g/mol. The molecule has 1 saturated heterocycles. The van der Waals surface area contributed by atoms with Crippen LogP contribution in [0.2, 0.25) is 0 Å². The zero-order valence-electron chi connectivity index (χ0n) is 5.05. The minimum atomic E-state index is 0.177. The Balaban J connectivity index is 2.37. The largest absolute Gasteiger partial charge is 0.378 e. The van der Waals surface area contributed by atoms with Crippen LogP contribution in [0.15, 0.2) is 0 Å². The van der Waals surface area contributed by atoms with E-state index in [1.165, 1.54) is 0 Å². The lowest BCUT2D eigenvalue weighted by molar-refractivity contribution is 0.563. The van der Waals surface area contributed by atoms with Crippen molar-refractivity contribution in [1.29, 1.82) is 5.26 Å². The Morgan fingerprint density at radius 2 is 2.56 bits per heavy atom. The Morgan fingerprint density at radius 3 is 3.00 bits per heavy atom. The van der Waals surface area contributed by atoms with Gasteiger partial charge in [-0.25, -0.2) is 0 Å². The second kappa shape index (κ2) is 2.79. The van der Waals surface area contributed by atoms with Gasteiger partial charge in [-0.05, 0) is 12.8 Å². The molecule has 0 aliphatic carbocycles. The molecule has 0 radical (unpaired) electrons. The first-order valence-corrected chi connectivity index (χ1v) is 3.40. The molecule has 0 aromatic rings. The molecule has 1 rings (SSSR count). The van der Waals surface area contributed by atoms with Crippen molar-refractivity contribution in [1.82, 2.24) is 5.32 Å². The van der Waals surface area contributed by atoms with E-state index < -0.39 is 0 Å². The van der Waals surface area contributed by atoms with Gasteiger partial charge in [0.1, 0.15) is 0 Å². The summed E-state index contributed by atoms with van der Waals surface area (Å²) in [6.45, 7) is 0.745. The zero-order chi connectivity index (χ0) is 6.69. The molecule has 0 spiro atoms. The van der Waals surface area contributed by atoms with Crippen LogP contribution in [-0.2, 0) is 0 Å². The van der Waals surface area contributed by atoms with E-state index in [-0.39, 0.29) is 5.92 Å². The summed E-state index contributed by atoms with van der Waals surface area (Å²) in [5.74, 6) is 0.177. The van der Waals surface area contributed by atoms with E-state index in [1.54, 1.807) is 0 Å². The van der Waals surface area contributed by atoms with Crippen molar-refractivity contribution in [3.63, 3.8) is 0 Å². The average Bonchev–Trinajstić information content (AvgIpc) is 1.90. The number of thiocarbonyl (C=S) groups is 1. The minimum Gasteiger partial charge on any atom is -0.378 e. The van der Waals surface area contributed by atoms with Crippen LogP contribution in [0, 0.1) is 17.2 Å². The number of piperidine rings is 1. The molecule has 3 heteroatoms. The molecule has 48 valence electrons. The lowest BCUT2D eigenvalue weighted by atomic mass is 10.0. The van der Waals surface area contributed by atoms with Gasteiger partial charge >= 0.3 is 0 Å². The molecule has 9 heavy (non-hydrogen) atoms. The monoisotopic (exact) mass is 140 g/mol. The Kier molecular flexibility index (Phi) is 2.01. The highest BCUT2D eigenvalue weighted by atomic mass is 32.1. The smallest absolute Gasteiger partial charge is 0.0754 e. The molecule has 1 atom stereocenters. The lowest BCUT2D eigenvalue weighted by Crippen LogP contribution is -2.32. The van der Waals surface area contributed by atoms with Gasteiger partial charge in [-0.15, -0.1) is 0 Å². The first kappa shape index (κ1) is 6.50. The fraction of sp³-hybridized carbons (Fsp3) is 0.667. The van der Waals surface area contributed by atoms with Crippen molar-refractivity contribution in [2.45, 2.75) is 12.8 Å². The van der Waals surface area contributed by atoms with Crippen molar-refractivity contribution >= 4 is 17.2 Å². The van der Waals surface area contributed by atoms with Crippen LogP contribution >= 0.6 is 12.2 Å². The lowest BCUT2D eigenvalue weighted by Gasteiger charge is -2.17. The number of hydrogen-bond donors (Lipinski definition) is 1. The molecule has 0 saturated carbocycles. The van der Waals surface area contributed by atoms with Gasteiger partial charge in [0.15, 0.2) is 0 Å². The molecule has 0 amide bonds. The third-order valence-electron chi connectivity index (χ3n) is 1.45. The molecular formula is C6H8N2S. The first-order valence-electron chi connectivity index (χ1n) is 2.99.